The number of hydrogen-bond acceptors (Lipinski definition) is 7. The Kier molecular flexibility index (Phi) is 8.71. The van der Waals surface area contributed by atoms with Crippen LogP contribution in [0.2, 0.25) is 0 Å². The van der Waals surface area contributed by atoms with Crippen LogP contribution in [-0.2, 0) is 33.4 Å². The van der Waals surface area contributed by atoms with Gasteiger partial charge in [-0.05, 0) is 86.9 Å². The molecule has 0 amide bonds. The van der Waals surface area contributed by atoms with Crippen LogP contribution in [0.25, 0.3) is 0 Å². The normalized spacial score (nSPS) is 42.8. The Bertz CT molecular complexity index is 951. The molecule has 0 spiro atoms. The Morgan fingerprint density at radius 1 is 1.00 bits per heavy atom. The van der Waals surface area contributed by atoms with Crippen molar-refractivity contribution in [2.45, 2.75) is 110 Å². The van der Waals surface area contributed by atoms with E-state index < -0.39 is 0 Å². The minimum atomic E-state index is -0.332. The smallest absolute Gasteiger partial charge is 0.305 e. The van der Waals surface area contributed by atoms with Crippen molar-refractivity contribution in [1.29, 1.82) is 0 Å². The number of alkyl halides is 1. The molecule has 0 unspecified atom stereocenters. The zero-order valence-corrected chi connectivity index (χ0v) is 25.4. The SMILES string of the molecule is CCOC(=O)CC[C@H](C)[C@H]1CC[C@H]2[C@H]3C(=O)[C@H](Br)[C@@H]4C[C@H](OC(C)=O)CC[C@]4(C)[C@H]3C[C@H](OC(C)=O)[C@]12C. The lowest BCUT2D eigenvalue weighted by Gasteiger charge is -2.63. The van der Waals surface area contributed by atoms with Crippen molar-refractivity contribution in [2.24, 2.45) is 46.3 Å². The number of halogens is 1. The molecule has 214 valence electrons. The van der Waals surface area contributed by atoms with Crippen LogP contribution in [0, 0.1) is 46.3 Å². The van der Waals surface area contributed by atoms with Crippen molar-refractivity contribution in [3.05, 3.63) is 0 Å². The van der Waals surface area contributed by atoms with Crippen molar-refractivity contribution >= 4 is 39.6 Å². The highest BCUT2D eigenvalue weighted by molar-refractivity contribution is 9.10. The molecule has 4 saturated carbocycles. The Morgan fingerprint density at radius 2 is 1.68 bits per heavy atom. The van der Waals surface area contributed by atoms with Crippen LogP contribution in [0.1, 0.15) is 92.9 Å². The Morgan fingerprint density at radius 3 is 2.32 bits per heavy atom. The van der Waals surface area contributed by atoms with Gasteiger partial charge in [-0.3, -0.25) is 19.2 Å². The number of rotatable bonds is 7. The molecule has 0 bridgehead atoms. The van der Waals surface area contributed by atoms with E-state index in [2.05, 4.69) is 36.7 Å². The number of esters is 3. The quantitative estimate of drug-likeness (QED) is 0.213. The fourth-order valence-corrected chi connectivity index (χ4v) is 10.4. The Balaban J connectivity index is 1.64. The highest BCUT2D eigenvalue weighted by Gasteiger charge is 2.68. The molecule has 0 aromatic rings. The van der Waals surface area contributed by atoms with Crippen LogP contribution in [0.4, 0.5) is 0 Å². The Hall–Kier alpha value is -1.44. The van der Waals surface area contributed by atoms with Gasteiger partial charge in [0.25, 0.3) is 0 Å². The van der Waals surface area contributed by atoms with Crippen LogP contribution in [0.3, 0.4) is 0 Å². The highest BCUT2D eigenvalue weighted by atomic mass is 79.9. The summed E-state index contributed by atoms with van der Waals surface area (Å²) in [5.41, 5.74) is -0.446. The maximum atomic E-state index is 14.1. The first-order chi connectivity index (χ1) is 17.8. The van der Waals surface area contributed by atoms with E-state index in [-0.39, 0.29) is 87.1 Å². The Labute approximate surface area is 235 Å². The van der Waals surface area contributed by atoms with Crippen molar-refractivity contribution < 1.29 is 33.4 Å². The molecule has 8 heteroatoms. The molecule has 7 nitrogen and oxygen atoms in total. The number of ketones is 1. The van der Waals surface area contributed by atoms with Crippen molar-refractivity contribution in [3.8, 4) is 0 Å². The number of Topliss-reactive ketones (excluding diaryl/α,β-unsaturated/α-hetero) is 1. The second-order valence-corrected chi connectivity index (χ2v) is 13.9. The molecule has 0 aliphatic heterocycles. The van der Waals surface area contributed by atoms with Crippen LogP contribution < -0.4 is 0 Å². The van der Waals surface area contributed by atoms with Gasteiger partial charge in [0.2, 0.25) is 0 Å². The third-order valence-corrected chi connectivity index (χ3v) is 12.1. The van der Waals surface area contributed by atoms with E-state index in [1.807, 2.05) is 6.92 Å². The molecule has 4 aliphatic rings. The summed E-state index contributed by atoms with van der Waals surface area (Å²) < 4.78 is 16.9. The van der Waals surface area contributed by atoms with Crippen LogP contribution >= 0.6 is 15.9 Å². The molecule has 4 aliphatic carbocycles. The largest absolute Gasteiger partial charge is 0.466 e. The molecule has 0 aromatic heterocycles. The molecule has 0 radical (unpaired) electrons. The average molecular weight is 598 g/mol. The van der Waals surface area contributed by atoms with E-state index in [0.29, 0.717) is 25.9 Å². The second kappa shape index (κ2) is 11.2. The lowest BCUT2D eigenvalue weighted by molar-refractivity contribution is -0.196. The molecule has 4 rings (SSSR count). The maximum Gasteiger partial charge on any atom is 0.305 e. The first-order valence-electron chi connectivity index (χ1n) is 14.5. The van der Waals surface area contributed by atoms with Gasteiger partial charge in [-0.2, -0.15) is 0 Å². The summed E-state index contributed by atoms with van der Waals surface area (Å²) in [5, 5.41) is 0. The molecule has 0 heterocycles. The summed E-state index contributed by atoms with van der Waals surface area (Å²) >= 11 is 3.83. The van der Waals surface area contributed by atoms with Gasteiger partial charge in [-0.15, -0.1) is 0 Å². The summed E-state index contributed by atoms with van der Waals surface area (Å²) in [6.07, 6.45) is 5.56. The molecule has 0 aromatic carbocycles. The number of carbonyl (C=O) groups excluding carboxylic acids is 4. The summed E-state index contributed by atoms with van der Waals surface area (Å²) in [6.45, 7) is 11.9. The number of ether oxygens (including phenoxy) is 3. The van der Waals surface area contributed by atoms with Crippen molar-refractivity contribution in [2.75, 3.05) is 6.61 Å². The molecule has 4 fully saturated rings. The average Bonchev–Trinajstić information content (AvgIpc) is 3.20. The third-order valence-electron chi connectivity index (χ3n) is 11.0. The van der Waals surface area contributed by atoms with E-state index in [0.717, 1.165) is 32.1 Å². The maximum absolute atomic E-state index is 14.1. The van der Waals surface area contributed by atoms with E-state index in [1.165, 1.54) is 13.8 Å². The molecule has 38 heavy (non-hydrogen) atoms. The molecular weight excluding hydrogens is 552 g/mol. The van der Waals surface area contributed by atoms with Gasteiger partial charge in [0.1, 0.15) is 18.0 Å². The number of fused-ring (bicyclic) bond motifs is 5. The topological polar surface area (TPSA) is 96.0 Å². The van der Waals surface area contributed by atoms with Crippen molar-refractivity contribution in [3.63, 3.8) is 0 Å². The zero-order chi connectivity index (χ0) is 28.0. The summed E-state index contributed by atoms with van der Waals surface area (Å²) in [4.78, 5) is 50.0. The minimum absolute atomic E-state index is 0.0670. The van der Waals surface area contributed by atoms with Gasteiger partial charge in [-0.25, -0.2) is 0 Å². The van der Waals surface area contributed by atoms with E-state index in [1.54, 1.807) is 0 Å². The van der Waals surface area contributed by atoms with Gasteiger partial charge in [0.15, 0.2) is 0 Å². The summed E-state index contributed by atoms with van der Waals surface area (Å²) in [5.74, 6) is 0.235. The first kappa shape index (κ1) is 29.5. The lowest BCUT2D eigenvalue weighted by Crippen LogP contribution is -2.64. The monoisotopic (exact) mass is 596 g/mol. The van der Waals surface area contributed by atoms with E-state index >= 15 is 0 Å². The first-order valence-corrected chi connectivity index (χ1v) is 15.4. The van der Waals surface area contributed by atoms with Gasteiger partial charge >= 0.3 is 17.9 Å². The van der Waals surface area contributed by atoms with E-state index in [9.17, 15) is 19.2 Å². The predicted molar refractivity (Wildman–Crippen MR) is 145 cm³/mol. The second-order valence-electron chi connectivity index (χ2n) is 12.9. The zero-order valence-electron chi connectivity index (χ0n) is 23.8. The van der Waals surface area contributed by atoms with Gasteiger partial charge in [0.05, 0.1) is 11.4 Å². The highest BCUT2D eigenvalue weighted by Crippen LogP contribution is 2.68. The summed E-state index contributed by atoms with van der Waals surface area (Å²) in [7, 11) is 0. The minimum Gasteiger partial charge on any atom is -0.466 e. The molecule has 0 saturated heterocycles. The standard InChI is InChI=1S/C30H45BrO7/c1-7-36-25(34)11-8-16(2)20-9-10-21-26-22(15-24(30(20,21)6)38-18(4)33)29(5)13-12-19(37-17(3)32)14-23(29)27(31)28(26)35/h16,19-24,26-27H,7-15H2,1-6H3/t16-,19+,20+,21-,22-,23-,24-,26+,27+,29+,30+/m0/s1. The van der Waals surface area contributed by atoms with Gasteiger partial charge < -0.3 is 14.2 Å². The molecule has 11 atom stereocenters. The van der Waals surface area contributed by atoms with Crippen LogP contribution in [-0.4, -0.2) is 47.3 Å². The van der Waals surface area contributed by atoms with Crippen molar-refractivity contribution in [1.82, 2.24) is 0 Å². The van der Waals surface area contributed by atoms with Gasteiger partial charge in [0, 0.05) is 31.6 Å². The summed E-state index contributed by atoms with van der Waals surface area (Å²) in [6, 6.07) is 0. The third kappa shape index (κ3) is 5.08. The van der Waals surface area contributed by atoms with Crippen LogP contribution in [0.15, 0.2) is 0 Å². The lowest BCUT2D eigenvalue weighted by atomic mass is 9.43. The fraction of sp³-hybridized carbons (Fsp3) is 0.867. The predicted octanol–water partition coefficient (Wildman–Crippen LogP) is 5.65. The van der Waals surface area contributed by atoms with Gasteiger partial charge in [-0.1, -0.05) is 36.7 Å². The number of carbonyl (C=O) groups is 4. The van der Waals surface area contributed by atoms with E-state index in [4.69, 9.17) is 14.2 Å². The number of hydrogen-bond donors (Lipinski definition) is 0. The van der Waals surface area contributed by atoms with Crippen LogP contribution in [0.5, 0.6) is 0 Å². The molecule has 0 N–H and O–H groups in total. The molecular formula is C30H45BrO7. The fourth-order valence-electron chi connectivity index (χ4n) is 9.31.